The van der Waals surface area contributed by atoms with E-state index >= 15 is 0 Å². The Labute approximate surface area is 53.0 Å². The van der Waals surface area contributed by atoms with Crippen molar-refractivity contribution >= 4 is 11.9 Å². The van der Waals surface area contributed by atoms with Gasteiger partial charge in [0.1, 0.15) is 0 Å². The summed E-state index contributed by atoms with van der Waals surface area (Å²) in [6.45, 7) is 0. The normalized spacial score (nSPS) is 26.2. The number of rotatable bonds is 1. The second-order valence-electron chi connectivity index (χ2n) is 1.64. The van der Waals surface area contributed by atoms with Crippen LogP contribution in [0.4, 0.5) is 0 Å². The predicted molar refractivity (Wildman–Crippen MR) is 35.6 cm³/mol. The Bertz CT molecular complexity index is 103. The highest BCUT2D eigenvalue weighted by atomic mass is 32.2. The van der Waals surface area contributed by atoms with Crippen LogP contribution in [0.15, 0.2) is 12.4 Å². The van der Waals surface area contributed by atoms with E-state index in [-0.39, 0.29) is 5.50 Å². The van der Waals surface area contributed by atoms with Crippen LogP contribution in [0.5, 0.6) is 0 Å². The molecule has 1 heterocycles. The molecule has 1 aliphatic heterocycles. The highest BCUT2D eigenvalue weighted by Gasteiger charge is 2.11. The van der Waals surface area contributed by atoms with E-state index in [0.29, 0.717) is 0 Å². The fraction of sp³-hybridized carbons (Fsp3) is 0.500. The predicted octanol–water partition coefficient (Wildman–Crippen LogP) is -0.117. The first-order valence-electron chi connectivity index (χ1n) is 2.35. The number of hydrogen-bond acceptors (Lipinski definition) is 4. The van der Waals surface area contributed by atoms with Gasteiger partial charge in [-0.1, -0.05) is 0 Å². The molecule has 0 saturated heterocycles. The van der Waals surface area contributed by atoms with Crippen molar-refractivity contribution in [3.05, 3.63) is 12.4 Å². The Kier molecular flexibility index (Phi) is 1.65. The maximum atomic E-state index is 5.30. The molecule has 0 amide bonds. The fourth-order valence-corrected chi connectivity index (χ4v) is 0.993. The molecular weight excluding hydrogens is 122 g/mol. The van der Waals surface area contributed by atoms with Crippen molar-refractivity contribution in [2.45, 2.75) is 5.50 Å². The average Bonchev–Trinajstić information content (AvgIpc) is 2.14. The molecule has 0 saturated carbocycles. The van der Waals surface area contributed by atoms with Gasteiger partial charge in [0.05, 0.1) is 0 Å². The minimum absolute atomic E-state index is 0.231. The maximum absolute atomic E-state index is 5.30. The Morgan fingerprint density at radius 1 is 1.88 bits per heavy atom. The summed E-state index contributed by atoms with van der Waals surface area (Å²) in [6.07, 6.45) is 3.83. The van der Waals surface area contributed by atoms with Gasteiger partial charge < -0.3 is 10.2 Å². The monoisotopic (exact) mass is 131 g/mol. The third-order valence-electron chi connectivity index (χ3n) is 1.05. The molecule has 0 fully saturated rings. The summed E-state index contributed by atoms with van der Waals surface area (Å²) < 4.78 is 0. The van der Waals surface area contributed by atoms with E-state index in [0.717, 1.165) is 0 Å². The number of nitrogens with zero attached hydrogens (tertiary/aromatic N) is 1. The fourth-order valence-electron chi connectivity index (χ4n) is 0.574. The molecule has 3 nitrogen and oxygen atoms in total. The number of nitrogens with one attached hydrogen (secondary N) is 1. The van der Waals surface area contributed by atoms with Crippen LogP contribution in [0.2, 0.25) is 0 Å². The van der Waals surface area contributed by atoms with Gasteiger partial charge in [-0.2, -0.15) is 0 Å². The number of hydrogen-bond donors (Lipinski definition) is 2. The summed E-state index contributed by atoms with van der Waals surface area (Å²) >= 11 is 1.29. The highest BCUT2D eigenvalue weighted by molar-refractivity contribution is 7.97. The van der Waals surface area contributed by atoms with Gasteiger partial charge in [0.15, 0.2) is 5.50 Å². The molecule has 3 N–H and O–H groups in total. The SMILES string of the molecule is CN1C=CNC1SN. The lowest BCUT2D eigenvalue weighted by atomic mass is 10.9. The first kappa shape index (κ1) is 5.78. The third-order valence-corrected chi connectivity index (χ3v) is 1.77. The van der Waals surface area contributed by atoms with Crippen molar-refractivity contribution in [1.29, 1.82) is 0 Å². The quantitative estimate of drug-likeness (QED) is 0.487. The van der Waals surface area contributed by atoms with Gasteiger partial charge in [0.2, 0.25) is 0 Å². The molecule has 0 spiro atoms. The Hall–Kier alpha value is -0.350. The van der Waals surface area contributed by atoms with Gasteiger partial charge >= 0.3 is 0 Å². The molecule has 1 aliphatic rings. The zero-order chi connectivity index (χ0) is 5.98. The molecule has 0 aromatic rings. The number of nitrogens with two attached hydrogens (primary N) is 1. The van der Waals surface area contributed by atoms with E-state index in [4.69, 9.17) is 5.14 Å². The zero-order valence-electron chi connectivity index (χ0n) is 4.66. The molecule has 0 bridgehead atoms. The second-order valence-corrected chi connectivity index (χ2v) is 2.36. The topological polar surface area (TPSA) is 41.3 Å². The molecule has 0 aliphatic carbocycles. The first-order chi connectivity index (χ1) is 3.84. The van der Waals surface area contributed by atoms with Crippen molar-refractivity contribution < 1.29 is 0 Å². The lowest BCUT2D eigenvalue weighted by Crippen LogP contribution is -2.30. The Balaban J connectivity index is 2.38. The minimum atomic E-state index is 0.231. The molecule has 8 heavy (non-hydrogen) atoms. The van der Waals surface area contributed by atoms with Gasteiger partial charge in [0.25, 0.3) is 0 Å². The molecule has 0 radical (unpaired) electrons. The lowest BCUT2D eigenvalue weighted by molar-refractivity contribution is 0.437. The molecule has 0 aromatic heterocycles. The van der Waals surface area contributed by atoms with Crippen LogP contribution in [0.25, 0.3) is 0 Å². The molecule has 46 valence electrons. The highest BCUT2D eigenvalue weighted by Crippen LogP contribution is 2.08. The Morgan fingerprint density at radius 3 is 2.88 bits per heavy atom. The van der Waals surface area contributed by atoms with Crippen LogP contribution >= 0.6 is 11.9 Å². The van der Waals surface area contributed by atoms with Gasteiger partial charge in [-0.05, 0) is 11.9 Å². The van der Waals surface area contributed by atoms with Crippen LogP contribution in [0.3, 0.4) is 0 Å². The summed E-state index contributed by atoms with van der Waals surface area (Å²) in [7, 11) is 1.97. The summed E-state index contributed by atoms with van der Waals surface area (Å²) in [6, 6.07) is 0. The van der Waals surface area contributed by atoms with E-state index in [1.165, 1.54) is 11.9 Å². The van der Waals surface area contributed by atoms with Crippen LogP contribution in [0, 0.1) is 0 Å². The molecular formula is C4H9N3S. The van der Waals surface area contributed by atoms with Crippen LogP contribution < -0.4 is 10.5 Å². The second kappa shape index (κ2) is 2.28. The lowest BCUT2D eigenvalue weighted by Gasteiger charge is -2.16. The maximum Gasteiger partial charge on any atom is 0.161 e. The van der Waals surface area contributed by atoms with Crippen molar-refractivity contribution in [2.75, 3.05) is 7.05 Å². The van der Waals surface area contributed by atoms with Gasteiger partial charge in [0, 0.05) is 19.4 Å². The molecule has 1 atom stereocenters. The summed E-state index contributed by atoms with van der Waals surface area (Å²) in [5.74, 6) is 0. The van der Waals surface area contributed by atoms with Gasteiger partial charge in [-0.3, -0.25) is 5.14 Å². The largest absolute Gasteiger partial charge is 0.361 e. The molecule has 0 aromatic carbocycles. The smallest absolute Gasteiger partial charge is 0.161 e. The van der Waals surface area contributed by atoms with E-state index < -0.39 is 0 Å². The average molecular weight is 131 g/mol. The van der Waals surface area contributed by atoms with Gasteiger partial charge in [-0.15, -0.1) is 0 Å². The van der Waals surface area contributed by atoms with E-state index in [1.54, 1.807) is 0 Å². The zero-order valence-corrected chi connectivity index (χ0v) is 5.48. The summed E-state index contributed by atoms with van der Waals surface area (Å²) in [5.41, 5.74) is 0.231. The van der Waals surface area contributed by atoms with Crippen molar-refractivity contribution in [2.24, 2.45) is 5.14 Å². The third kappa shape index (κ3) is 0.900. The van der Waals surface area contributed by atoms with Crippen molar-refractivity contribution in [3.8, 4) is 0 Å². The Morgan fingerprint density at radius 2 is 2.62 bits per heavy atom. The van der Waals surface area contributed by atoms with Crippen LogP contribution in [0.1, 0.15) is 0 Å². The van der Waals surface area contributed by atoms with E-state index in [2.05, 4.69) is 5.32 Å². The van der Waals surface area contributed by atoms with Crippen LogP contribution in [-0.2, 0) is 0 Å². The molecule has 1 unspecified atom stereocenters. The summed E-state index contributed by atoms with van der Waals surface area (Å²) in [5, 5.41) is 8.34. The van der Waals surface area contributed by atoms with Crippen LogP contribution in [-0.4, -0.2) is 17.4 Å². The molecule has 4 heteroatoms. The standard InChI is InChI=1S/C4H9N3S/c1-7-3-2-6-4(7)8-5/h2-4,6H,5H2,1H3. The summed E-state index contributed by atoms with van der Waals surface area (Å²) in [4.78, 5) is 2.00. The van der Waals surface area contributed by atoms with E-state index in [9.17, 15) is 0 Å². The minimum Gasteiger partial charge on any atom is -0.361 e. The molecule has 1 rings (SSSR count). The first-order valence-corrected chi connectivity index (χ1v) is 3.29. The van der Waals surface area contributed by atoms with Gasteiger partial charge in [-0.25, -0.2) is 0 Å². The van der Waals surface area contributed by atoms with E-state index in [1.807, 2.05) is 24.3 Å². The van der Waals surface area contributed by atoms with Crippen molar-refractivity contribution in [1.82, 2.24) is 10.2 Å². The van der Waals surface area contributed by atoms with Crippen molar-refractivity contribution in [3.63, 3.8) is 0 Å².